The van der Waals surface area contributed by atoms with Gasteiger partial charge in [0.1, 0.15) is 16.4 Å². The highest BCUT2D eigenvalue weighted by atomic mass is 32.2. The number of aromatic nitrogens is 1. The Labute approximate surface area is 267 Å². The summed E-state index contributed by atoms with van der Waals surface area (Å²) in [4.78, 5) is 29.8. The van der Waals surface area contributed by atoms with E-state index in [1.165, 1.54) is 29.0 Å². The van der Waals surface area contributed by atoms with Crippen molar-refractivity contribution in [3.05, 3.63) is 155 Å². The van der Waals surface area contributed by atoms with Crippen molar-refractivity contribution in [1.82, 2.24) is 4.57 Å². The van der Waals surface area contributed by atoms with E-state index in [0.29, 0.717) is 20.6 Å². The zero-order valence-electron chi connectivity index (χ0n) is 24.3. The van der Waals surface area contributed by atoms with Crippen LogP contribution in [-0.2, 0) is 16.5 Å². The summed E-state index contributed by atoms with van der Waals surface area (Å²) in [5.41, 5.74) is 5.38. The lowest BCUT2D eigenvalue weighted by molar-refractivity contribution is -0.384. The van der Waals surface area contributed by atoms with Gasteiger partial charge >= 0.3 is 10.1 Å². The summed E-state index contributed by atoms with van der Waals surface area (Å²) in [6.45, 7) is 0. The summed E-state index contributed by atoms with van der Waals surface area (Å²) < 4.78 is 38.7. The predicted molar refractivity (Wildman–Crippen MR) is 173 cm³/mol. The zero-order chi connectivity index (χ0) is 32.0. The number of benzene rings is 4. The highest BCUT2D eigenvalue weighted by molar-refractivity contribution is 7.87. The number of ether oxygens (including phenoxy) is 1. The Bertz CT molecular complexity index is 2340. The lowest BCUT2D eigenvalue weighted by Gasteiger charge is -2.31. The van der Waals surface area contributed by atoms with Crippen LogP contribution in [0.15, 0.2) is 117 Å². The molecule has 0 unspecified atom stereocenters. The smallest absolute Gasteiger partial charge is 0.339 e. The first-order valence-electron chi connectivity index (χ1n) is 14.3. The maximum absolute atomic E-state index is 14.1. The van der Waals surface area contributed by atoms with Gasteiger partial charge in [0.2, 0.25) is 0 Å². The largest absolute Gasteiger partial charge is 0.496 e. The minimum Gasteiger partial charge on any atom is -0.496 e. The highest BCUT2D eigenvalue weighted by Crippen LogP contribution is 2.43. The molecule has 230 valence electrons. The lowest BCUT2D eigenvalue weighted by atomic mass is 9.83. The Hall–Kier alpha value is -5.33. The van der Waals surface area contributed by atoms with E-state index >= 15 is 0 Å². The third-order valence-corrected chi connectivity index (χ3v) is 10.3. The van der Waals surface area contributed by atoms with Gasteiger partial charge < -0.3 is 8.92 Å². The second-order valence-electron chi connectivity index (χ2n) is 10.7. The SMILES string of the molecule is COc1ccccc1[C@@H]1C2=C(N=c3s/c(=C\c4ccc(OS(=O)(=O)c5ccc([N+](=O)[O-])cc5)cc4)c(=O)n31)c1ccccc1CC2. The van der Waals surface area contributed by atoms with Gasteiger partial charge in [-0.2, -0.15) is 8.42 Å². The molecule has 46 heavy (non-hydrogen) atoms. The second-order valence-corrected chi connectivity index (χ2v) is 13.3. The number of thiazole rings is 1. The molecular weight excluding hydrogens is 627 g/mol. The fourth-order valence-corrected chi connectivity index (χ4v) is 7.80. The number of para-hydroxylation sites is 1. The lowest BCUT2D eigenvalue weighted by Crippen LogP contribution is -2.38. The van der Waals surface area contributed by atoms with Gasteiger partial charge in [0.15, 0.2) is 4.80 Å². The maximum atomic E-state index is 14.1. The number of non-ortho nitro benzene ring substituents is 1. The molecule has 1 aliphatic carbocycles. The fourth-order valence-electron chi connectivity index (χ4n) is 5.87. The van der Waals surface area contributed by atoms with Crippen LogP contribution in [0.25, 0.3) is 11.8 Å². The standard InChI is InChI=1S/C34H25N3O7S2/c1-43-29-9-5-4-8-27(29)32-28-19-12-22-6-2-3-7-26(22)31(28)35-34-36(32)33(38)30(45-34)20-21-10-15-24(16-11-21)44-46(41,42)25-17-13-23(14-18-25)37(39)40/h2-11,13-18,20,32H,12,19H2,1H3/b30-20-/t32-/m1/s1. The number of hydrogen-bond acceptors (Lipinski definition) is 9. The number of aryl methyl sites for hydroxylation is 1. The molecule has 0 amide bonds. The Kier molecular flexibility index (Phi) is 7.38. The van der Waals surface area contributed by atoms with E-state index in [2.05, 4.69) is 12.1 Å². The van der Waals surface area contributed by atoms with Gasteiger partial charge in [0.25, 0.3) is 11.2 Å². The summed E-state index contributed by atoms with van der Waals surface area (Å²) in [6.07, 6.45) is 3.34. The number of methoxy groups -OCH3 is 1. The van der Waals surface area contributed by atoms with E-state index in [1.807, 2.05) is 36.4 Å². The minimum atomic E-state index is -4.22. The van der Waals surface area contributed by atoms with Gasteiger partial charge in [-0.05, 0) is 65.9 Å². The van der Waals surface area contributed by atoms with Crippen LogP contribution in [0, 0.1) is 10.1 Å². The van der Waals surface area contributed by atoms with Crippen molar-refractivity contribution in [2.24, 2.45) is 4.99 Å². The molecule has 0 saturated carbocycles. The van der Waals surface area contributed by atoms with Crippen molar-refractivity contribution in [3.63, 3.8) is 0 Å². The fraction of sp³-hybridized carbons (Fsp3) is 0.118. The molecule has 4 aromatic carbocycles. The summed E-state index contributed by atoms with van der Waals surface area (Å²) in [5, 5.41) is 10.9. The summed E-state index contributed by atoms with van der Waals surface area (Å²) in [6, 6.07) is 26.3. The van der Waals surface area contributed by atoms with Crippen molar-refractivity contribution in [2.45, 2.75) is 23.8 Å². The van der Waals surface area contributed by atoms with E-state index in [1.54, 1.807) is 29.9 Å². The first-order chi connectivity index (χ1) is 22.2. The molecule has 2 heterocycles. The van der Waals surface area contributed by atoms with Gasteiger partial charge in [-0.25, -0.2) is 4.99 Å². The van der Waals surface area contributed by atoms with Crippen molar-refractivity contribution in [2.75, 3.05) is 7.11 Å². The topological polar surface area (TPSA) is 130 Å². The molecule has 0 spiro atoms. The second kappa shape index (κ2) is 11.5. The molecule has 1 aromatic heterocycles. The van der Waals surface area contributed by atoms with Gasteiger partial charge in [0, 0.05) is 23.3 Å². The predicted octanol–water partition coefficient (Wildman–Crippen LogP) is 5.00. The molecule has 0 saturated heterocycles. The molecule has 12 heteroatoms. The Balaban J connectivity index is 1.27. The monoisotopic (exact) mass is 651 g/mol. The summed E-state index contributed by atoms with van der Waals surface area (Å²) in [7, 11) is -2.59. The van der Waals surface area contributed by atoms with Crippen molar-refractivity contribution in [1.29, 1.82) is 0 Å². The van der Waals surface area contributed by atoms with Crippen molar-refractivity contribution < 1.29 is 22.3 Å². The molecule has 1 aliphatic heterocycles. The molecule has 5 aromatic rings. The van der Waals surface area contributed by atoms with Crippen LogP contribution >= 0.6 is 11.3 Å². The number of fused-ring (bicyclic) bond motifs is 3. The molecule has 10 nitrogen and oxygen atoms in total. The van der Waals surface area contributed by atoms with Gasteiger partial charge in [-0.1, -0.05) is 65.9 Å². The normalized spacial score (nSPS) is 15.8. The number of allylic oxidation sites excluding steroid dienone is 1. The van der Waals surface area contributed by atoms with E-state index in [0.717, 1.165) is 59.5 Å². The van der Waals surface area contributed by atoms with Crippen LogP contribution < -0.4 is 23.8 Å². The molecule has 0 radical (unpaired) electrons. The molecule has 1 atom stereocenters. The van der Waals surface area contributed by atoms with Crippen LogP contribution in [0.2, 0.25) is 0 Å². The Morgan fingerprint density at radius 2 is 1.67 bits per heavy atom. The van der Waals surface area contributed by atoms with E-state index in [9.17, 15) is 23.3 Å². The van der Waals surface area contributed by atoms with Crippen LogP contribution in [0.3, 0.4) is 0 Å². The number of nitrogens with zero attached hydrogens (tertiary/aromatic N) is 3. The van der Waals surface area contributed by atoms with Gasteiger partial charge in [-0.3, -0.25) is 19.5 Å². The molecular formula is C34H25N3O7S2. The molecule has 0 bridgehead atoms. The van der Waals surface area contributed by atoms with Crippen LogP contribution in [0.5, 0.6) is 11.5 Å². The highest BCUT2D eigenvalue weighted by Gasteiger charge is 2.34. The average molecular weight is 652 g/mol. The van der Waals surface area contributed by atoms with E-state index < -0.39 is 21.1 Å². The summed E-state index contributed by atoms with van der Waals surface area (Å²) in [5.74, 6) is 0.744. The molecule has 7 rings (SSSR count). The minimum absolute atomic E-state index is 0.0551. The van der Waals surface area contributed by atoms with Crippen LogP contribution in [0.1, 0.15) is 34.7 Å². The number of rotatable bonds is 7. The number of nitro benzene ring substituents is 1. The number of nitro groups is 1. The third kappa shape index (κ3) is 5.21. The Morgan fingerprint density at radius 3 is 2.41 bits per heavy atom. The van der Waals surface area contributed by atoms with Crippen LogP contribution in [-0.4, -0.2) is 25.0 Å². The van der Waals surface area contributed by atoms with Crippen molar-refractivity contribution >= 4 is 38.9 Å². The zero-order valence-corrected chi connectivity index (χ0v) is 26.0. The molecule has 0 N–H and O–H groups in total. The third-order valence-electron chi connectivity index (χ3n) is 8.03. The maximum Gasteiger partial charge on any atom is 0.339 e. The number of hydrogen-bond donors (Lipinski definition) is 0. The van der Waals surface area contributed by atoms with E-state index in [-0.39, 0.29) is 21.9 Å². The summed E-state index contributed by atoms with van der Waals surface area (Å²) >= 11 is 1.29. The van der Waals surface area contributed by atoms with Gasteiger partial charge in [0.05, 0.1) is 28.3 Å². The van der Waals surface area contributed by atoms with Gasteiger partial charge in [-0.15, -0.1) is 0 Å². The molecule has 0 fully saturated rings. The van der Waals surface area contributed by atoms with Crippen LogP contribution in [0.4, 0.5) is 5.69 Å². The molecule has 2 aliphatic rings. The first-order valence-corrected chi connectivity index (χ1v) is 16.5. The Morgan fingerprint density at radius 1 is 0.957 bits per heavy atom. The average Bonchev–Trinajstić information content (AvgIpc) is 3.38. The van der Waals surface area contributed by atoms with E-state index in [4.69, 9.17) is 13.9 Å². The van der Waals surface area contributed by atoms with Crippen molar-refractivity contribution in [3.8, 4) is 11.5 Å². The quantitative estimate of drug-likeness (QED) is 0.138. The first kappa shape index (κ1) is 29.4.